The minimum Gasteiger partial charge on any atom is -0.431 e. The van der Waals surface area contributed by atoms with E-state index in [9.17, 15) is 27.8 Å². The molecular formula is C12H15F4NO4. The number of halogens is 4. The summed E-state index contributed by atoms with van der Waals surface area (Å²) in [5, 5.41) is 22.1. The van der Waals surface area contributed by atoms with Gasteiger partial charge >= 0.3 is 13.2 Å². The van der Waals surface area contributed by atoms with Crippen molar-refractivity contribution in [2.24, 2.45) is 0 Å². The van der Waals surface area contributed by atoms with E-state index < -0.39 is 36.9 Å². The van der Waals surface area contributed by atoms with Gasteiger partial charge in [0.05, 0.1) is 6.10 Å². The van der Waals surface area contributed by atoms with Crippen molar-refractivity contribution in [3.05, 3.63) is 23.8 Å². The lowest BCUT2D eigenvalue weighted by molar-refractivity contribution is -0.0694. The molecule has 9 heteroatoms. The summed E-state index contributed by atoms with van der Waals surface area (Å²) in [7, 11) is 1.54. The first-order valence-electron chi connectivity index (χ1n) is 5.89. The van der Waals surface area contributed by atoms with Gasteiger partial charge < -0.3 is 25.0 Å². The Morgan fingerprint density at radius 2 is 1.62 bits per heavy atom. The van der Waals surface area contributed by atoms with Crippen molar-refractivity contribution in [2.75, 3.05) is 13.6 Å². The minimum atomic E-state index is -3.25. The van der Waals surface area contributed by atoms with E-state index in [1.54, 1.807) is 7.05 Å². The first-order valence-corrected chi connectivity index (χ1v) is 5.89. The van der Waals surface area contributed by atoms with Gasteiger partial charge in [0, 0.05) is 6.54 Å². The van der Waals surface area contributed by atoms with E-state index in [-0.39, 0.29) is 12.1 Å². The molecule has 0 aliphatic rings. The Balaban J connectivity index is 3.02. The molecule has 0 saturated heterocycles. The van der Waals surface area contributed by atoms with E-state index in [1.807, 2.05) is 0 Å². The number of benzene rings is 1. The van der Waals surface area contributed by atoms with Crippen LogP contribution in [0.1, 0.15) is 11.7 Å². The molecule has 0 aromatic heterocycles. The highest BCUT2D eigenvalue weighted by Gasteiger charge is 2.21. The predicted molar refractivity (Wildman–Crippen MR) is 64.6 cm³/mol. The van der Waals surface area contributed by atoms with Gasteiger partial charge in [-0.1, -0.05) is 6.07 Å². The van der Waals surface area contributed by atoms with Crippen LogP contribution in [0.15, 0.2) is 18.2 Å². The Labute approximate surface area is 118 Å². The second-order valence-corrected chi connectivity index (χ2v) is 4.03. The molecule has 2 unspecified atom stereocenters. The van der Waals surface area contributed by atoms with Crippen LogP contribution in [0.2, 0.25) is 0 Å². The third kappa shape index (κ3) is 5.37. The molecular weight excluding hydrogens is 298 g/mol. The van der Waals surface area contributed by atoms with Gasteiger partial charge in [-0.2, -0.15) is 17.6 Å². The lowest BCUT2D eigenvalue weighted by Crippen LogP contribution is -2.29. The first kappa shape index (κ1) is 17.5. The predicted octanol–water partition coefficient (Wildman–Crippen LogP) is 1.50. The van der Waals surface area contributed by atoms with E-state index in [4.69, 9.17) is 0 Å². The van der Waals surface area contributed by atoms with Gasteiger partial charge in [-0.05, 0) is 24.7 Å². The fraction of sp³-hybridized carbons (Fsp3) is 0.500. The number of alkyl halides is 4. The molecule has 0 radical (unpaired) electrons. The molecule has 0 saturated carbocycles. The zero-order valence-corrected chi connectivity index (χ0v) is 11.0. The number of nitrogens with one attached hydrogen (secondary N) is 1. The largest absolute Gasteiger partial charge is 0.431 e. The topological polar surface area (TPSA) is 71.0 Å². The summed E-state index contributed by atoms with van der Waals surface area (Å²) in [4.78, 5) is 0. The summed E-state index contributed by atoms with van der Waals surface area (Å²) in [5.74, 6) is -1.25. The van der Waals surface area contributed by atoms with Crippen molar-refractivity contribution in [3.8, 4) is 11.5 Å². The summed E-state index contributed by atoms with van der Waals surface area (Å²) in [6, 6.07) is 3.03. The van der Waals surface area contributed by atoms with Crippen LogP contribution < -0.4 is 14.8 Å². The Morgan fingerprint density at radius 3 is 2.14 bits per heavy atom. The molecule has 0 amide bonds. The third-order valence-corrected chi connectivity index (χ3v) is 2.52. The summed E-state index contributed by atoms with van der Waals surface area (Å²) >= 11 is 0. The standard InChI is InChI=1S/C12H15F4NO4/c1-17-5-7(18)10(19)6-2-3-8(20-11(13)14)9(4-6)21-12(15)16/h2-4,7,10-12,17-19H,5H2,1H3. The average Bonchev–Trinajstić information content (AvgIpc) is 2.39. The van der Waals surface area contributed by atoms with Gasteiger partial charge in [0.1, 0.15) is 6.10 Å². The molecule has 3 N–H and O–H groups in total. The maximum atomic E-state index is 12.3. The Bertz CT molecular complexity index is 447. The molecule has 0 spiro atoms. The zero-order chi connectivity index (χ0) is 16.0. The van der Waals surface area contributed by atoms with Crippen LogP contribution in [0, 0.1) is 0 Å². The van der Waals surface area contributed by atoms with Crippen LogP contribution in [0.25, 0.3) is 0 Å². The van der Waals surface area contributed by atoms with Gasteiger partial charge in [-0.3, -0.25) is 0 Å². The number of aliphatic hydroxyl groups excluding tert-OH is 2. The number of hydrogen-bond acceptors (Lipinski definition) is 5. The number of aliphatic hydroxyl groups is 2. The molecule has 1 aromatic rings. The lowest BCUT2D eigenvalue weighted by Gasteiger charge is -2.19. The summed E-state index contributed by atoms with van der Waals surface area (Å²) in [5.41, 5.74) is 0.0232. The molecule has 1 rings (SSSR count). The van der Waals surface area contributed by atoms with Crippen molar-refractivity contribution < 1.29 is 37.2 Å². The fourth-order valence-corrected chi connectivity index (χ4v) is 1.63. The highest BCUT2D eigenvalue weighted by atomic mass is 19.3. The van der Waals surface area contributed by atoms with E-state index in [1.165, 1.54) is 6.07 Å². The highest BCUT2D eigenvalue weighted by Crippen LogP contribution is 2.33. The second kappa shape index (κ2) is 8.01. The Kier molecular flexibility index (Phi) is 6.66. The SMILES string of the molecule is CNCC(O)C(O)c1ccc(OC(F)F)c(OC(F)F)c1. The fourth-order valence-electron chi connectivity index (χ4n) is 1.63. The smallest absolute Gasteiger partial charge is 0.387 e. The molecule has 120 valence electrons. The molecule has 2 atom stereocenters. The van der Waals surface area contributed by atoms with Crippen molar-refractivity contribution in [3.63, 3.8) is 0 Å². The average molecular weight is 313 g/mol. The van der Waals surface area contributed by atoms with Gasteiger partial charge in [-0.15, -0.1) is 0 Å². The molecule has 1 aromatic carbocycles. The van der Waals surface area contributed by atoms with Crippen LogP contribution >= 0.6 is 0 Å². The van der Waals surface area contributed by atoms with Crippen LogP contribution in [-0.2, 0) is 0 Å². The van der Waals surface area contributed by atoms with E-state index in [2.05, 4.69) is 14.8 Å². The van der Waals surface area contributed by atoms with Crippen molar-refractivity contribution in [1.82, 2.24) is 5.32 Å². The highest BCUT2D eigenvalue weighted by molar-refractivity contribution is 5.44. The zero-order valence-electron chi connectivity index (χ0n) is 11.0. The van der Waals surface area contributed by atoms with E-state index in [0.717, 1.165) is 12.1 Å². The van der Waals surface area contributed by atoms with Crippen molar-refractivity contribution in [1.29, 1.82) is 0 Å². The molecule has 0 fully saturated rings. The van der Waals surface area contributed by atoms with Crippen LogP contribution in [0.5, 0.6) is 11.5 Å². The summed E-state index contributed by atoms with van der Waals surface area (Å²) in [6.07, 6.45) is -2.62. The second-order valence-electron chi connectivity index (χ2n) is 4.03. The molecule has 0 aliphatic heterocycles. The maximum Gasteiger partial charge on any atom is 0.387 e. The summed E-state index contributed by atoms with van der Waals surface area (Å²) in [6.45, 7) is -6.42. The molecule has 0 bridgehead atoms. The Hall–Kier alpha value is -1.58. The minimum absolute atomic E-state index is 0.0232. The van der Waals surface area contributed by atoms with E-state index >= 15 is 0 Å². The molecule has 21 heavy (non-hydrogen) atoms. The molecule has 0 heterocycles. The van der Waals surface area contributed by atoms with Crippen molar-refractivity contribution >= 4 is 0 Å². The van der Waals surface area contributed by atoms with Gasteiger partial charge in [0.15, 0.2) is 11.5 Å². The van der Waals surface area contributed by atoms with Crippen molar-refractivity contribution in [2.45, 2.75) is 25.4 Å². The van der Waals surface area contributed by atoms with Crippen LogP contribution in [0.4, 0.5) is 17.6 Å². The van der Waals surface area contributed by atoms with Gasteiger partial charge in [-0.25, -0.2) is 0 Å². The van der Waals surface area contributed by atoms with Crippen LogP contribution in [-0.4, -0.2) is 43.1 Å². The van der Waals surface area contributed by atoms with Crippen LogP contribution in [0.3, 0.4) is 0 Å². The number of ether oxygens (including phenoxy) is 2. The number of hydrogen-bond donors (Lipinski definition) is 3. The lowest BCUT2D eigenvalue weighted by atomic mass is 10.0. The number of likely N-dealkylation sites (N-methyl/N-ethyl adjacent to an activating group) is 1. The third-order valence-electron chi connectivity index (χ3n) is 2.52. The van der Waals surface area contributed by atoms with Gasteiger partial charge in [0.2, 0.25) is 0 Å². The molecule has 5 nitrogen and oxygen atoms in total. The summed E-state index contributed by atoms with van der Waals surface area (Å²) < 4.78 is 57.0. The quantitative estimate of drug-likeness (QED) is 0.635. The normalized spacial score (nSPS) is 14.3. The Morgan fingerprint density at radius 1 is 1.05 bits per heavy atom. The molecule has 0 aliphatic carbocycles. The van der Waals surface area contributed by atoms with Gasteiger partial charge in [0.25, 0.3) is 0 Å². The monoisotopic (exact) mass is 313 g/mol. The first-order chi connectivity index (χ1) is 9.85. The number of rotatable bonds is 8. The van der Waals surface area contributed by atoms with E-state index in [0.29, 0.717) is 0 Å². The maximum absolute atomic E-state index is 12.3.